The van der Waals surface area contributed by atoms with Crippen molar-refractivity contribution in [3.63, 3.8) is 0 Å². The molecule has 1 aromatic carbocycles. The summed E-state index contributed by atoms with van der Waals surface area (Å²) in [7, 11) is -3.75. The molecule has 0 radical (unpaired) electrons. The highest BCUT2D eigenvalue weighted by molar-refractivity contribution is 7.91. The lowest BCUT2D eigenvalue weighted by Crippen LogP contribution is -2.11. The van der Waals surface area contributed by atoms with Gasteiger partial charge in [-0.1, -0.05) is 12.5 Å². The Morgan fingerprint density at radius 1 is 1.53 bits per heavy atom. The van der Waals surface area contributed by atoms with Gasteiger partial charge >= 0.3 is 0 Å². The van der Waals surface area contributed by atoms with Crippen molar-refractivity contribution in [3.05, 3.63) is 23.8 Å². The maximum Gasteiger partial charge on any atom is 0.265 e. The summed E-state index contributed by atoms with van der Waals surface area (Å²) in [5.41, 5.74) is 1.43. The van der Waals surface area contributed by atoms with E-state index in [1.807, 2.05) is 0 Å². The summed E-state index contributed by atoms with van der Waals surface area (Å²) in [6, 6.07) is 5.25. The lowest BCUT2D eigenvalue weighted by molar-refractivity contribution is 0.265. The minimum atomic E-state index is -3.75. The molecule has 0 aliphatic heterocycles. The van der Waals surface area contributed by atoms with Gasteiger partial charge in [0.1, 0.15) is 12.7 Å². The SMILES string of the molecule is C#COCc1ccc2nc(S(N)(=O)=O)sc2c1. The summed E-state index contributed by atoms with van der Waals surface area (Å²) in [6.45, 7) is 0.273. The van der Waals surface area contributed by atoms with E-state index in [1.165, 1.54) is 0 Å². The molecule has 7 heteroatoms. The van der Waals surface area contributed by atoms with Crippen LogP contribution in [0.15, 0.2) is 22.5 Å². The minimum absolute atomic E-state index is 0.0949. The number of benzene rings is 1. The van der Waals surface area contributed by atoms with E-state index in [2.05, 4.69) is 11.1 Å². The van der Waals surface area contributed by atoms with Crippen LogP contribution in [0.5, 0.6) is 0 Å². The molecule has 0 bridgehead atoms. The quantitative estimate of drug-likeness (QED) is 0.843. The van der Waals surface area contributed by atoms with E-state index in [0.29, 0.717) is 5.52 Å². The first-order valence-corrected chi connectivity index (χ1v) is 6.86. The average molecular weight is 268 g/mol. The highest BCUT2D eigenvalue weighted by atomic mass is 32.2. The highest BCUT2D eigenvalue weighted by Crippen LogP contribution is 2.25. The van der Waals surface area contributed by atoms with Crippen LogP contribution in [-0.2, 0) is 21.4 Å². The van der Waals surface area contributed by atoms with E-state index in [9.17, 15) is 8.42 Å². The Labute approximate surface area is 102 Å². The van der Waals surface area contributed by atoms with Crippen LogP contribution < -0.4 is 5.14 Å². The maximum atomic E-state index is 11.1. The van der Waals surface area contributed by atoms with Crippen LogP contribution in [0.1, 0.15) is 5.56 Å². The molecule has 0 unspecified atom stereocenters. The fourth-order valence-electron chi connectivity index (χ4n) is 1.28. The molecule has 5 nitrogen and oxygen atoms in total. The van der Waals surface area contributed by atoms with Crippen molar-refractivity contribution < 1.29 is 13.2 Å². The Morgan fingerprint density at radius 2 is 2.29 bits per heavy atom. The number of hydrogen-bond acceptors (Lipinski definition) is 5. The fourth-order valence-corrected chi connectivity index (χ4v) is 3.00. The highest BCUT2D eigenvalue weighted by Gasteiger charge is 2.14. The summed E-state index contributed by atoms with van der Waals surface area (Å²) in [6.07, 6.45) is 7.04. The number of terminal acetylenes is 1. The number of nitrogens with zero attached hydrogens (tertiary/aromatic N) is 1. The topological polar surface area (TPSA) is 82.3 Å². The number of thiazole rings is 1. The monoisotopic (exact) mass is 268 g/mol. The predicted molar refractivity (Wildman–Crippen MR) is 64.6 cm³/mol. The number of hydrogen-bond donors (Lipinski definition) is 1. The number of primary sulfonamides is 1. The number of rotatable bonds is 3. The van der Waals surface area contributed by atoms with Gasteiger partial charge in [0.05, 0.1) is 10.2 Å². The Kier molecular flexibility index (Phi) is 3.02. The first-order valence-electron chi connectivity index (χ1n) is 4.50. The van der Waals surface area contributed by atoms with Crippen molar-refractivity contribution in [3.8, 4) is 12.5 Å². The largest absolute Gasteiger partial charge is 0.442 e. The van der Waals surface area contributed by atoms with Crippen LogP contribution in [0, 0.1) is 12.5 Å². The molecular formula is C10H8N2O3S2. The molecular weight excluding hydrogens is 260 g/mol. The molecule has 0 aliphatic carbocycles. The molecule has 0 amide bonds. The minimum Gasteiger partial charge on any atom is -0.442 e. The van der Waals surface area contributed by atoms with Crippen LogP contribution in [0.2, 0.25) is 0 Å². The lowest BCUT2D eigenvalue weighted by Gasteiger charge is -1.97. The second kappa shape index (κ2) is 4.33. The van der Waals surface area contributed by atoms with E-state index in [1.54, 1.807) is 18.2 Å². The lowest BCUT2D eigenvalue weighted by atomic mass is 10.2. The van der Waals surface area contributed by atoms with Crippen molar-refractivity contribution in [2.45, 2.75) is 10.9 Å². The Balaban J connectivity index is 2.45. The molecule has 0 fully saturated rings. The first-order chi connectivity index (χ1) is 8.00. The van der Waals surface area contributed by atoms with Crippen LogP contribution in [0.3, 0.4) is 0 Å². The normalized spacial score (nSPS) is 11.3. The number of aromatic nitrogens is 1. The second-order valence-electron chi connectivity index (χ2n) is 3.23. The molecule has 2 aromatic rings. The van der Waals surface area contributed by atoms with Crippen molar-refractivity contribution in [1.82, 2.24) is 4.98 Å². The summed E-state index contributed by atoms with van der Waals surface area (Å²) >= 11 is 1.02. The van der Waals surface area contributed by atoms with Gasteiger partial charge in [-0.15, -0.1) is 11.3 Å². The standard InChI is InChI=1S/C10H8N2O3S2/c1-2-15-6-7-3-4-8-9(5-7)16-10(12-8)17(11,13)14/h1,3-5H,6H2,(H2,11,13,14). The number of ether oxygens (including phenoxy) is 1. The Morgan fingerprint density at radius 3 is 2.94 bits per heavy atom. The molecule has 0 aliphatic rings. The summed E-state index contributed by atoms with van der Waals surface area (Å²) in [5, 5.41) is 5.01. The molecule has 17 heavy (non-hydrogen) atoms. The van der Waals surface area contributed by atoms with E-state index < -0.39 is 10.0 Å². The molecule has 1 aromatic heterocycles. The molecule has 0 atom stereocenters. The van der Waals surface area contributed by atoms with Crippen molar-refractivity contribution in [1.29, 1.82) is 0 Å². The predicted octanol–water partition coefficient (Wildman–Crippen LogP) is 1.05. The van der Waals surface area contributed by atoms with Gasteiger partial charge in [0.15, 0.2) is 0 Å². The molecule has 2 N–H and O–H groups in total. The van der Waals surface area contributed by atoms with E-state index in [-0.39, 0.29) is 10.9 Å². The number of nitrogens with two attached hydrogens (primary N) is 1. The average Bonchev–Trinajstić information content (AvgIpc) is 2.68. The third kappa shape index (κ3) is 2.55. The third-order valence-corrected chi connectivity index (χ3v) is 4.34. The zero-order valence-corrected chi connectivity index (χ0v) is 10.2. The summed E-state index contributed by atoms with van der Waals surface area (Å²) in [4.78, 5) is 3.93. The molecule has 0 spiro atoms. The zero-order valence-electron chi connectivity index (χ0n) is 8.58. The van der Waals surface area contributed by atoms with Gasteiger partial charge in [-0.2, -0.15) is 0 Å². The zero-order chi connectivity index (χ0) is 12.5. The molecule has 0 saturated heterocycles. The third-order valence-electron chi connectivity index (χ3n) is 2.00. The number of fused-ring (bicyclic) bond motifs is 1. The molecule has 1 heterocycles. The van der Waals surface area contributed by atoms with Crippen LogP contribution in [-0.4, -0.2) is 13.4 Å². The first kappa shape index (κ1) is 11.9. The van der Waals surface area contributed by atoms with Gasteiger partial charge < -0.3 is 4.74 Å². The maximum absolute atomic E-state index is 11.1. The van der Waals surface area contributed by atoms with Crippen LogP contribution in [0.25, 0.3) is 10.2 Å². The van der Waals surface area contributed by atoms with E-state index in [4.69, 9.17) is 16.3 Å². The van der Waals surface area contributed by atoms with Gasteiger partial charge in [-0.05, 0) is 17.7 Å². The van der Waals surface area contributed by atoms with Gasteiger partial charge in [0.2, 0.25) is 4.34 Å². The van der Waals surface area contributed by atoms with E-state index in [0.717, 1.165) is 21.6 Å². The second-order valence-corrected chi connectivity index (χ2v) is 6.00. The summed E-state index contributed by atoms with van der Waals surface area (Å²) in [5.74, 6) is 0. The Bertz CT molecular complexity index is 698. The van der Waals surface area contributed by atoms with Gasteiger partial charge in [0.25, 0.3) is 10.0 Å². The fraction of sp³-hybridized carbons (Fsp3) is 0.100. The smallest absolute Gasteiger partial charge is 0.265 e. The van der Waals surface area contributed by atoms with Crippen molar-refractivity contribution >= 4 is 31.6 Å². The van der Waals surface area contributed by atoms with Crippen LogP contribution >= 0.6 is 11.3 Å². The van der Waals surface area contributed by atoms with Gasteiger partial charge in [0, 0.05) is 0 Å². The summed E-state index contributed by atoms with van der Waals surface area (Å²) < 4.78 is 27.7. The van der Waals surface area contributed by atoms with Crippen molar-refractivity contribution in [2.24, 2.45) is 5.14 Å². The Hall–Kier alpha value is -1.62. The van der Waals surface area contributed by atoms with Gasteiger partial charge in [-0.25, -0.2) is 18.5 Å². The van der Waals surface area contributed by atoms with Crippen LogP contribution in [0.4, 0.5) is 0 Å². The number of sulfonamides is 1. The molecule has 0 saturated carbocycles. The molecule has 2 rings (SSSR count). The van der Waals surface area contributed by atoms with Gasteiger partial charge in [-0.3, -0.25) is 0 Å². The molecule has 88 valence electrons. The van der Waals surface area contributed by atoms with E-state index >= 15 is 0 Å². The van der Waals surface area contributed by atoms with Crippen molar-refractivity contribution in [2.75, 3.05) is 0 Å².